The van der Waals surface area contributed by atoms with Crippen molar-refractivity contribution < 1.29 is 9.26 Å². The van der Waals surface area contributed by atoms with E-state index in [1.54, 1.807) is 13.2 Å². The number of hydrogen-bond donors (Lipinski definition) is 1. The lowest BCUT2D eigenvalue weighted by molar-refractivity contribution is -0.0306. The molecule has 0 bridgehead atoms. The molecule has 0 unspecified atom stereocenters. The van der Waals surface area contributed by atoms with Crippen LogP contribution in [0.25, 0.3) is 11.5 Å². The average Bonchev–Trinajstić information content (AvgIpc) is 2.91. The molecule has 1 aromatic heterocycles. The maximum Gasteiger partial charge on any atom is 0.258 e. The number of nitrogen functional groups attached to an aromatic ring is 1. The van der Waals surface area contributed by atoms with E-state index in [4.69, 9.17) is 15.0 Å². The number of rotatable bonds is 5. The van der Waals surface area contributed by atoms with Gasteiger partial charge in [0.2, 0.25) is 5.82 Å². The largest absolute Gasteiger partial charge is 0.399 e. The minimum atomic E-state index is -0.501. The van der Waals surface area contributed by atoms with E-state index in [1.807, 2.05) is 26.0 Å². The van der Waals surface area contributed by atoms with Crippen LogP contribution in [0.4, 0.5) is 5.69 Å². The van der Waals surface area contributed by atoms with Gasteiger partial charge in [0.15, 0.2) is 0 Å². The van der Waals surface area contributed by atoms with Gasteiger partial charge in [-0.3, -0.25) is 0 Å². The van der Waals surface area contributed by atoms with Crippen molar-refractivity contribution in [2.45, 2.75) is 32.3 Å². The molecule has 0 atom stereocenters. The summed E-state index contributed by atoms with van der Waals surface area (Å²) in [4.78, 5) is 4.47. The highest BCUT2D eigenvalue weighted by molar-refractivity contribution is 9.10. The Kier molecular flexibility index (Phi) is 4.45. The Morgan fingerprint density at radius 3 is 2.55 bits per heavy atom. The molecule has 0 aliphatic carbocycles. The van der Waals surface area contributed by atoms with Gasteiger partial charge in [0.05, 0.1) is 0 Å². The van der Waals surface area contributed by atoms with Gasteiger partial charge in [-0.25, -0.2) is 0 Å². The summed E-state index contributed by atoms with van der Waals surface area (Å²) in [7, 11) is 1.67. The lowest BCUT2D eigenvalue weighted by Gasteiger charge is -2.25. The SMILES string of the molecule is CCC(CC)(OC)c1noc(-c2cc(N)cc(Br)c2)n1. The Labute approximate surface area is 126 Å². The predicted octanol–water partition coefficient (Wildman–Crippen LogP) is 3.74. The van der Waals surface area contributed by atoms with Crippen LogP contribution in [0.2, 0.25) is 0 Å². The van der Waals surface area contributed by atoms with Crippen LogP contribution in [0, 0.1) is 0 Å². The number of aromatic nitrogens is 2. The fourth-order valence-electron chi connectivity index (χ4n) is 2.21. The van der Waals surface area contributed by atoms with E-state index in [9.17, 15) is 0 Å². The van der Waals surface area contributed by atoms with E-state index >= 15 is 0 Å². The molecule has 5 nitrogen and oxygen atoms in total. The lowest BCUT2D eigenvalue weighted by Crippen LogP contribution is -2.28. The predicted molar refractivity (Wildman–Crippen MR) is 81.1 cm³/mol. The van der Waals surface area contributed by atoms with E-state index in [-0.39, 0.29) is 0 Å². The number of nitrogens with two attached hydrogens (primary N) is 1. The van der Waals surface area contributed by atoms with Crippen molar-refractivity contribution in [1.82, 2.24) is 10.1 Å². The Morgan fingerprint density at radius 1 is 1.30 bits per heavy atom. The molecular formula is C14H18BrN3O2. The highest BCUT2D eigenvalue weighted by Crippen LogP contribution is 2.32. The molecule has 0 fully saturated rings. The van der Waals surface area contributed by atoms with Gasteiger partial charge >= 0.3 is 0 Å². The van der Waals surface area contributed by atoms with Gasteiger partial charge in [-0.2, -0.15) is 4.98 Å². The molecule has 0 saturated heterocycles. The van der Waals surface area contributed by atoms with Crippen LogP contribution in [0.3, 0.4) is 0 Å². The van der Waals surface area contributed by atoms with Crippen molar-refractivity contribution in [3.05, 3.63) is 28.5 Å². The van der Waals surface area contributed by atoms with Crippen molar-refractivity contribution in [1.29, 1.82) is 0 Å². The Hall–Kier alpha value is -1.40. The maximum atomic E-state index is 5.82. The van der Waals surface area contributed by atoms with Gasteiger partial charge < -0.3 is 15.0 Å². The molecule has 2 aromatic rings. The number of ether oxygens (including phenoxy) is 1. The molecule has 1 aromatic carbocycles. The summed E-state index contributed by atoms with van der Waals surface area (Å²) >= 11 is 3.40. The summed E-state index contributed by atoms with van der Waals surface area (Å²) in [6.45, 7) is 4.08. The van der Waals surface area contributed by atoms with Crippen molar-refractivity contribution in [3.8, 4) is 11.5 Å². The third-order valence-electron chi connectivity index (χ3n) is 3.53. The van der Waals surface area contributed by atoms with Crippen LogP contribution >= 0.6 is 15.9 Å². The van der Waals surface area contributed by atoms with Gasteiger partial charge in [-0.05, 0) is 31.0 Å². The second kappa shape index (κ2) is 5.93. The second-order valence-corrected chi connectivity index (χ2v) is 5.52. The number of benzene rings is 1. The molecule has 2 rings (SSSR count). The first-order chi connectivity index (χ1) is 9.54. The first-order valence-electron chi connectivity index (χ1n) is 6.50. The van der Waals surface area contributed by atoms with Gasteiger partial charge in [0.25, 0.3) is 5.89 Å². The molecule has 6 heteroatoms. The van der Waals surface area contributed by atoms with Gasteiger partial charge in [0, 0.05) is 22.8 Å². The Morgan fingerprint density at radius 2 is 2.00 bits per heavy atom. The minimum Gasteiger partial charge on any atom is -0.399 e. The quantitative estimate of drug-likeness (QED) is 0.839. The first-order valence-corrected chi connectivity index (χ1v) is 7.29. The second-order valence-electron chi connectivity index (χ2n) is 4.60. The molecule has 0 saturated carbocycles. The molecule has 108 valence electrons. The fraction of sp³-hybridized carbons (Fsp3) is 0.429. The number of methoxy groups -OCH3 is 1. The smallest absolute Gasteiger partial charge is 0.258 e. The molecule has 0 aliphatic rings. The third-order valence-corrected chi connectivity index (χ3v) is 3.99. The average molecular weight is 340 g/mol. The number of anilines is 1. The van der Waals surface area contributed by atoms with E-state index in [0.717, 1.165) is 22.9 Å². The summed E-state index contributed by atoms with van der Waals surface area (Å²) in [5.41, 5.74) is 6.74. The summed E-state index contributed by atoms with van der Waals surface area (Å²) in [5.74, 6) is 1.01. The molecular weight excluding hydrogens is 322 g/mol. The van der Waals surface area contributed by atoms with Crippen molar-refractivity contribution in [2.75, 3.05) is 12.8 Å². The third kappa shape index (κ3) is 2.71. The Balaban J connectivity index is 2.42. The highest BCUT2D eigenvalue weighted by atomic mass is 79.9. The molecule has 2 N–H and O–H groups in total. The zero-order chi connectivity index (χ0) is 14.8. The first kappa shape index (κ1) is 15.0. The fourth-order valence-corrected chi connectivity index (χ4v) is 2.72. The summed E-state index contributed by atoms with van der Waals surface area (Å²) in [6, 6.07) is 5.51. The molecule has 0 spiro atoms. The van der Waals surface area contributed by atoms with E-state index < -0.39 is 5.60 Å². The van der Waals surface area contributed by atoms with Gasteiger partial charge in [-0.1, -0.05) is 34.9 Å². The van der Waals surface area contributed by atoms with Crippen molar-refractivity contribution >= 4 is 21.6 Å². The Bertz CT molecular complexity index is 565. The summed E-state index contributed by atoms with van der Waals surface area (Å²) in [6.07, 6.45) is 1.55. The van der Waals surface area contributed by atoms with E-state index in [2.05, 4.69) is 26.1 Å². The molecule has 0 radical (unpaired) electrons. The number of halogens is 1. The van der Waals surface area contributed by atoms with Crippen LogP contribution in [-0.4, -0.2) is 17.3 Å². The van der Waals surface area contributed by atoms with Gasteiger partial charge in [-0.15, -0.1) is 0 Å². The topological polar surface area (TPSA) is 74.2 Å². The zero-order valence-corrected chi connectivity index (χ0v) is 13.4. The maximum absolute atomic E-state index is 5.82. The van der Waals surface area contributed by atoms with Crippen LogP contribution in [0.15, 0.2) is 27.2 Å². The molecule has 1 heterocycles. The van der Waals surface area contributed by atoms with Crippen LogP contribution in [0.1, 0.15) is 32.5 Å². The van der Waals surface area contributed by atoms with Crippen LogP contribution in [-0.2, 0) is 10.3 Å². The number of nitrogens with zero attached hydrogens (tertiary/aromatic N) is 2. The van der Waals surface area contributed by atoms with Crippen LogP contribution < -0.4 is 5.73 Å². The van der Waals surface area contributed by atoms with E-state index in [0.29, 0.717) is 17.4 Å². The van der Waals surface area contributed by atoms with Crippen molar-refractivity contribution in [2.24, 2.45) is 0 Å². The normalized spacial score (nSPS) is 11.8. The molecule has 0 amide bonds. The zero-order valence-electron chi connectivity index (χ0n) is 11.8. The lowest BCUT2D eigenvalue weighted by atomic mass is 9.96. The monoisotopic (exact) mass is 339 g/mol. The minimum absolute atomic E-state index is 0.441. The van der Waals surface area contributed by atoms with Gasteiger partial charge in [0.1, 0.15) is 5.60 Å². The van der Waals surface area contributed by atoms with Crippen LogP contribution in [0.5, 0.6) is 0 Å². The highest BCUT2D eigenvalue weighted by Gasteiger charge is 2.33. The summed E-state index contributed by atoms with van der Waals surface area (Å²) in [5, 5.41) is 4.07. The van der Waals surface area contributed by atoms with Crippen molar-refractivity contribution in [3.63, 3.8) is 0 Å². The number of hydrogen-bond acceptors (Lipinski definition) is 5. The molecule has 20 heavy (non-hydrogen) atoms. The van der Waals surface area contributed by atoms with E-state index in [1.165, 1.54) is 0 Å². The molecule has 0 aliphatic heterocycles. The standard InChI is InChI=1S/C14H18BrN3O2/c1-4-14(5-2,19-3)13-17-12(20-18-13)9-6-10(15)8-11(16)7-9/h6-8H,4-5,16H2,1-3H3. The summed E-state index contributed by atoms with van der Waals surface area (Å²) < 4.78 is 11.8.